The molecule has 2 fully saturated rings. The molecule has 5 heterocycles. The third kappa shape index (κ3) is 4.22. The second kappa shape index (κ2) is 8.29. The lowest BCUT2D eigenvalue weighted by Crippen LogP contribution is -2.51. The average molecular weight is 474 g/mol. The Kier molecular flexibility index (Phi) is 5.20. The minimum atomic E-state index is -0.472. The summed E-state index contributed by atoms with van der Waals surface area (Å²) in [5, 5.41) is 7.94. The number of carbonyl (C=O) groups excluding carboxylic acids is 1. The van der Waals surface area contributed by atoms with Gasteiger partial charge in [0, 0.05) is 47.7 Å². The summed E-state index contributed by atoms with van der Waals surface area (Å²) in [4.78, 5) is 19.6. The molecule has 3 aliphatic heterocycles. The van der Waals surface area contributed by atoms with Crippen molar-refractivity contribution >= 4 is 11.9 Å². The molecule has 2 aromatic heterocycles. The maximum atomic E-state index is 12.7. The fourth-order valence-electron chi connectivity index (χ4n) is 5.62. The van der Waals surface area contributed by atoms with E-state index in [1.54, 1.807) is 6.20 Å². The van der Waals surface area contributed by atoms with Gasteiger partial charge in [-0.05, 0) is 76.8 Å². The highest BCUT2D eigenvalue weighted by atomic mass is 16.6. The second-order valence-corrected chi connectivity index (χ2v) is 10.7. The van der Waals surface area contributed by atoms with Crippen molar-refractivity contribution in [3.63, 3.8) is 0 Å². The third-order valence-electron chi connectivity index (χ3n) is 7.05. The number of fused-ring (bicyclic) bond motifs is 5. The third-order valence-corrected chi connectivity index (χ3v) is 7.05. The second-order valence-electron chi connectivity index (χ2n) is 10.7. The molecule has 0 spiro atoms. The fraction of sp³-hybridized carbons (Fsp3) is 0.444. The van der Waals surface area contributed by atoms with Gasteiger partial charge in [0.25, 0.3) is 0 Å². The van der Waals surface area contributed by atoms with E-state index >= 15 is 0 Å². The van der Waals surface area contributed by atoms with Crippen molar-refractivity contribution < 1.29 is 14.3 Å². The van der Waals surface area contributed by atoms with E-state index in [1.807, 2.05) is 54.7 Å². The molecule has 2 bridgehead atoms. The van der Waals surface area contributed by atoms with Gasteiger partial charge in [-0.25, -0.2) is 14.5 Å². The molecule has 1 N–H and O–H groups in total. The van der Waals surface area contributed by atoms with E-state index in [-0.39, 0.29) is 24.2 Å². The van der Waals surface area contributed by atoms with Crippen molar-refractivity contribution in [3.05, 3.63) is 54.5 Å². The summed E-state index contributed by atoms with van der Waals surface area (Å²) in [6.45, 7) is 6.19. The van der Waals surface area contributed by atoms with Crippen molar-refractivity contribution in [2.75, 3.05) is 5.32 Å². The lowest BCUT2D eigenvalue weighted by atomic mass is 9.97. The van der Waals surface area contributed by atoms with Crippen molar-refractivity contribution in [1.82, 2.24) is 19.7 Å². The topological polar surface area (TPSA) is 81.5 Å². The van der Waals surface area contributed by atoms with E-state index in [4.69, 9.17) is 14.5 Å². The molecule has 2 saturated heterocycles. The van der Waals surface area contributed by atoms with Crippen LogP contribution in [-0.2, 0) is 11.3 Å². The number of anilines is 1. The Hall–Kier alpha value is -3.55. The molecule has 35 heavy (non-hydrogen) atoms. The van der Waals surface area contributed by atoms with Gasteiger partial charge in [0.15, 0.2) is 0 Å². The molecule has 3 aromatic rings. The highest BCUT2D eigenvalue weighted by molar-refractivity contribution is 5.76. The number of piperidine rings is 1. The number of amides is 1. The lowest BCUT2D eigenvalue weighted by Gasteiger charge is -2.39. The maximum Gasteiger partial charge on any atom is 0.410 e. The zero-order valence-electron chi connectivity index (χ0n) is 20.4. The first-order valence-electron chi connectivity index (χ1n) is 12.4. The molecule has 0 radical (unpaired) electrons. The van der Waals surface area contributed by atoms with Crippen LogP contribution in [0.4, 0.5) is 10.6 Å². The Labute approximate surface area is 205 Å². The van der Waals surface area contributed by atoms with Gasteiger partial charge in [-0.15, -0.1) is 0 Å². The van der Waals surface area contributed by atoms with Gasteiger partial charge in [-0.2, -0.15) is 5.10 Å². The van der Waals surface area contributed by atoms with E-state index in [1.165, 1.54) is 0 Å². The molecular formula is C27H31N5O3. The lowest BCUT2D eigenvalue weighted by molar-refractivity contribution is 0.00682. The van der Waals surface area contributed by atoms with Crippen LogP contribution in [0.5, 0.6) is 5.75 Å². The predicted octanol–water partition coefficient (Wildman–Crippen LogP) is 5.17. The molecule has 0 aliphatic carbocycles. The number of rotatable bonds is 3. The number of benzene rings is 1. The number of hydrogen-bond acceptors (Lipinski definition) is 6. The normalized spacial score (nSPS) is 22.7. The summed E-state index contributed by atoms with van der Waals surface area (Å²) in [5.74, 6) is 1.71. The Bertz CT molecular complexity index is 1240. The first-order chi connectivity index (χ1) is 16.8. The van der Waals surface area contributed by atoms with Crippen LogP contribution < -0.4 is 10.1 Å². The maximum absolute atomic E-state index is 12.7. The highest BCUT2D eigenvalue weighted by Crippen LogP contribution is 2.40. The summed E-state index contributed by atoms with van der Waals surface area (Å²) in [6, 6.07) is 12.9. The van der Waals surface area contributed by atoms with Crippen LogP contribution in [0.3, 0.4) is 0 Å². The Morgan fingerprint density at radius 2 is 1.89 bits per heavy atom. The number of nitrogens with one attached hydrogen (secondary N) is 1. The molecular weight excluding hydrogens is 442 g/mol. The largest absolute Gasteiger partial charge is 0.487 e. The van der Waals surface area contributed by atoms with Gasteiger partial charge >= 0.3 is 6.09 Å². The van der Waals surface area contributed by atoms with Gasteiger partial charge in [0.1, 0.15) is 23.8 Å². The van der Waals surface area contributed by atoms with Crippen LogP contribution in [-0.4, -0.2) is 49.5 Å². The Balaban J connectivity index is 1.16. The molecule has 3 atom stereocenters. The van der Waals surface area contributed by atoms with Crippen LogP contribution in [0, 0.1) is 0 Å². The van der Waals surface area contributed by atoms with Gasteiger partial charge in [-0.1, -0.05) is 0 Å². The quantitative estimate of drug-likeness (QED) is 0.565. The van der Waals surface area contributed by atoms with Crippen LogP contribution >= 0.6 is 0 Å². The monoisotopic (exact) mass is 473 g/mol. The molecule has 8 nitrogen and oxygen atoms in total. The van der Waals surface area contributed by atoms with E-state index < -0.39 is 5.60 Å². The molecule has 8 heteroatoms. The molecule has 182 valence electrons. The van der Waals surface area contributed by atoms with Crippen LogP contribution in [0.1, 0.15) is 52.1 Å². The van der Waals surface area contributed by atoms with Crippen molar-refractivity contribution in [2.24, 2.45) is 0 Å². The van der Waals surface area contributed by atoms with Crippen LogP contribution in [0.2, 0.25) is 0 Å². The number of hydrogen-bond donors (Lipinski definition) is 1. The zero-order chi connectivity index (χ0) is 24.2. The van der Waals surface area contributed by atoms with Gasteiger partial charge in [0.2, 0.25) is 0 Å². The molecule has 0 saturated carbocycles. The molecule has 1 unspecified atom stereocenters. The summed E-state index contributed by atoms with van der Waals surface area (Å²) in [5.41, 5.74) is 3.58. The zero-order valence-corrected chi connectivity index (χ0v) is 20.4. The first kappa shape index (κ1) is 21.9. The minimum absolute atomic E-state index is 0.179. The van der Waals surface area contributed by atoms with Crippen LogP contribution in [0.25, 0.3) is 16.8 Å². The number of carbonyl (C=O) groups is 1. The van der Waals surface area contributed by atoms with Crippen molar-refractivity contribution in [3.8, 4) is 22.6 Å². The summed E-state index contributed by atoms with van der Waals surface area (Å²) >= 11 is 0. The van der Waals surface area contributed by atoms with E-state index in [0.29, 0.717) is 6.61 Å². The summed E-state index contributed by atoms with van der Waals surface area (Å²) in [7, 11) is 0. The molecule has 6 rings (SSSR count). The SMILES string of the molecule is CC(C)(C)OC(=O)N1[C@@H]2CC[C@H]1CC(Nc1ccc3c(n1)COc1cc(-n4cccn4)ccc1-3)C2. The van der Waals surface area contributed by atoms with Crippen molar-refractivity contribution in [1.29, 1.82) is 0 Å². The Morgan fingerprint density at radius 1 is 1.11 bits per heavy atom. The highest BCUT2D eigenvalue weighted by Gasteiger charge is 2.45. The first-order valence-corrected chi connectivity index (χ1v) is 12.4. The smallest absolute Gasteiger partial charge is 0.410 e. The van der Waals surface area contributed by atoms with Gasteiger partial charge < -0.3 is 19.7 Å². The predicted molar refractivity (Wildman–Crippen MR) is 133 cm³/mol. The number of ether oxygens (including phenoxy) is 2. The molecule has 3 aliphatic rings. The number of pyridine rings is 1. The standard InChI is InChI=1S/C27H31N5O3/c1-27(2,3)35-26(33)32-19-5-6-20(32)14-17(13-19)29-25-10-9-21-22-8-7-18(31-12-4-11-28-31)15-24(22)34-16-23(21)30-25/h4,7-12,15,17,19-20H,5-6,13-14,16H2,1-3H3,(H,29,30)/t17?,19-,20+. The molecule has 1 aromatic carbocycles. The number of nitrogens with zero attached hydrogens (tertiary/aromatic N) is 4. The summed E-state index contributed by atoms with van der Waals surface area (Å²) < 4.78 is 13.6. The van der Waals surface area contributed by atoms with E-state index in [2.05, 4.69) is 28.6 Å². The van der Waals surface area contributed by atoms with Gasteiger partial charge in [-0.3, -0.25) is 0 Å². The minimum Gasteiger partial charge on any atom is -0.487 e. The number of aromatic nitrogens is 3. The molecule has 1 amide bonds. The van der Waals surface area contributed by atoms with E-state index in [9.17, 15) is 4.79 Å². The average Bonchev–Trinajstić information content (AvgIpc) is 3.44. The van der Waals surface area contributed by atoms with E-state index in [0.717, 1.165) is 59.8 Å². The summed E-state index contributed by atoms with van der Waals surface area (Å²) in [6.07, 6.45) is 7.38. The Morgan fingerprint density at radius 3 is 2.60 bits per heavy atom. The fourth-order valence-corrected chi connectivity index (χ4v) is 5.62. The van der Waals surface area contributed by atoms with Crippen molar-refractivity contribution in [2.45, 2.75) is 76.8 Å². The van der Waals surface area contributed by atoms with Crippen LogP contribution in [0.15, 0.2) is 48.8 Å². The van der Waals surface area contributed by atoms with Gasteiger partial charge in [0.05, 0.1) is 11.4 Å².